The minimum atomic E-state index is -0.0267. The van der Waals surface area contributed by atoms with Crippen molar-refractivity contribution < 1.29 is 4.74 Å². The normalized spacial score (nSPS) is 25.7. The number of rotatable bonds is 2. The van der Waals surface area contributed by atoms with E-state index < -0.39 is 0 Å². The van der Waals surface area contributed by atoms with Gasteiger partial charge in [-0.05, 0) is 5.92 Å². The summed E-state index contributed by atoms with van der Waals surface area (Å²) in [5, 5.41) is 8.80. The van der Waals surface area contributed by atoms with Gasteiger partial charge in [0.1, 0.15) is 6.04 Å². The van der Waals surface area contributed by atoms with Crippen molar-refractivity contribution in [2.24, 2.45) is 5.92 Å². The van der Waals surface area contributed by atoms with Crippen LogP contribution in [0.15, 0.2) is 0 Å². The predicted octanol–water partition coefficient (Wildman–Crippen LogP) is 0.867. The van der Waals surface area contributed by atoms with Crippen LogP contribution in [0.4, 0.5) is 0 Å². The molecule has 0 aliphatic carbocycles. The molecule has 0 N–H and O–H groups in total. The maximum absolute atomic E-state index is 8.80. The second kappa shape index (κ2) is 4.44. The third-order valence-electron chi connectivity index (χ3n) is 1.99. The molecule has 1 unspecified atom stereocenters. The van der Waals surface area contributed by atoms with Gasteiger partial charge in [-0.2, -0.15) is 5.26 Å². The molecule has 0 amide bonds. The van der Waals surface area contributed by atoms with Crippen LogP contribution in [0.3, 0.4) is 0 Å². The first-order chi connectivity index (χ1) is 5.74. The molecule has 0 aromatic rings. The Bertz CT molecular complexity index is 174. The molecule has 0 radical (unpaired) electrons. The average molecular weight is 168 g/mol. The van der Waals surface area contributed by atoms with Crippen molar-refractivity contribution in [3.63, 3.8) is 0 Å². The molecule has 0 aromatic heterocycles. The maximum atomic E-state index is 8.80. The summed E-state index contributed by atoms with van der Waals surface area (Å²) in [4.78, 5) is 2.20. The van der Waals surface area contributed by atoms with Crippen molar-refractivity contribution in [3.8, 4) is 6.07 Å². The molecule has 1 fully saturated rings. The number of hydrogen-bond acceptors (Lipinski definition) is 3. The number of ether oxygens (including phenoxy) is 1. The Balaban J connectivity index is 2.43. The van der Waals surface area contributed by atoms with Crippen LogP contribution in [0.25, 0.3) is 0 Å². The summed E-state index contributed by atoms with van der Waals surface area (Å²) in [5.41, 5.74) is 0. The zero-order valence-electron chi connectivity index (χ0n) is 7.79. The lowest BCUT2D eigenvalue weighted by atomic mass is 10.1. The molecule has 1 rings (SSSR count). The Hall–Kier alpha value is -0.590. The van der Waals surface area contributed by atoms with E-state index in [2.05, 4.69) is 24.8 Å². The Kier molecular flexibility index (Phi) is 3.51. The first kappa shape index (κ1) is 9.50. The van der Waals surface area contributed by atoms with Gasteiger partial charge in [-0.25, -0.2) is 0 Å². The molecule has 0 aromatic carbocycles. The Morgan fingerprint density at radius 3 is 3.00 bits per heavy atom. The van der Waals surface area contributed by atoms with Crippen molar-refractivity contribution in [1.82, 2.24) is 4.90 Å². The van der Waals surface area contributed by atoms with Gasteiger partial charge in [0.25, 0.3) is 0 Å². The van der Waals surface area contributed by atoms with E-state index in [1.54, 1.807) is 0 Å². The van der Waals surface area contributed by atoms with Gasteiger partial charge in [0, 0.05) is 13.1 Å². The molecule has 12 heavy (non-hydrogen) atoms. The number of morpholine rings is 1. The fraction of sp³-hybridized carbons (Fsp3) is 0.889. The first-order valence-corrected chi connectivity index (χ1v) is 4.45. The number of nitrogens with zero attached hydrogens (tertiary/aromatic N) is 2. The second-order valence-corrected chi connectivity index (χ2v) is 3.61. The highest BCUT2D eigenvalue weighted by atomic mass is 16.5. The average Bonchev–Trinajstić information content (AvgIpc) is 2.04. The number of hydrogen-bond donors (Lipinski definition) is 0. The first-order valence-electron chi connectivity index (χ1n) is 4.45. The van der Waals surface area contributed by atoms with Crippen LogP contribution < -0.4 is 0 Å². The quantitative estimate of drug-likeness (QED) is 0.613. The molecule has 3 heteroatoms. The van der Waals surface area contributed by atoms with E-state index in [-0.39, 0.29) is 6.04 Å². The van der Waals surface area contributed by atoms with Crippen LogP contribution >= 0.6 is 0 Å². The summed E-state index contributed by atoms with van der Waals surface area (Å²) in [7, 11) is 0. The third-order valence-corrected chi connectivity index (χ3v) is 1.99. The largest absolute Gasteiger partial charge is 0.377 e. The van der Waals surface area contributed by atoms with Gasteiger partial charge in [-0.15, -0.1) is 0 Å². The molecule has 68 valence electrons. The molecule has 0 bridgehead atoms. The Labute approximate surface area is 73.9 Å². The second-order valence-electron chi connectivity index (χ2n) is 3.61. The molecule has 3 nitrogen and oxygen atoms in total. The van der Waals surface area contributed by atoms with E-state index in [4.69, 9.17) is 10.00 Å². The summed E-state index contributed by atoms with van der Waals surface area (Å²) in [6, 6.07) is 2.23. The topological polar surface area (TPSA) is 36.3 Å². The van der Waals surface area contributed by atoms with E-state index in [0.29, 0.717) is 12.5 Å². The fourth-order valence-electron chi connectivity index (χ4n) is 1.44. The highest BCUT2D eigenvalue weighted by Crippen LogP contribution is 2.08. The van der Waals surface area contributed by atoms with Crippen molar-refractivity contribution in [3.05, 3.63) is 0 Å². The summed E-state index contributed by atoms with van der Waals surface area (Å²) in [6.45, 7) is 7.58. The molecule has 1 aliphatic heterocycles. The Morgan fingerprint density at radius 2 is 2.42 bits per heavy atom. The molecule has 1 aliphatic rings. The SMILES string of the molecule is CC(C)CN1CCOCC1C#N. The molecular formula is C9H16N2O. The van der Waals surface area contributed by atoms with Gasteiger partial charge < -0.3 is 4.74 Å². The van der Waals surface area contributed by atoms with E-state index in [1.165, 1.54) is 0 Å². The Morgan fingerprint density at radius 1 is 1.67 bits per heavy atom. The van der Waals surface area contributed by atoms with Crippen LogP contribution in [0, 0.1) is 17.2 Å². The lowest BCUT2D eigenvalue weighted by Crippen LogP contribution is -2.46. The lowest BCUT2D eigenvalue weighted by molar-refractivity contribution is 0.00791. The van der Waals surface area contributed by atoms with Crippen LogP contribution in [-0.2, 0) is 4.74 Å². The molecule has 0 spiro atoms. The van der Waals surface area contributed by atoms with E-state index in [1.807, 2.05) is 0 Å². The van der Waals surface area contributed by atoms with Gasteiger partial charge >= 0.3 is 0 Å². The van der Waals surface area contributed by atoms with Gasteiger partial charge in [0.2, 0.25) is 0 Å². The van der Waals surface area contributed by atoms with Crippen molar-refractivity contribution in [2.75, 3.05) is 26.3 Å². The van der Waals surface area contributed by atoms with Gasteiger partial charge in [-0.1, -0.05) is 13.8 Å². The molecule has 0 saturated carbocycles. The molecule has 1 atom stereocenters. The minimum Gasteiger partial charge on any atom is -0.377 e. The van der Waals surface area contributed by atoms with Crippen molar-refractivity contribution >= 4 is 0 Å². The van der Waals surface area contributed by atoms with Crippen LogP contribution in [0.2, 0.25) is 0 Å². The summed E-state index contributed by atoms with van der Waals surface area (Å²) < 4.78 is 5.22. The third kappa shape index (κ3) is 2.47. The smallest absolute Gasteiger partial charge is 0.121 e. The van der Waals surface area contributed by atoms with Crippen LogP contribution in [0.1, 0.15) is 13.8 Å². The highest BCUT2D eigenvalue weighted by molar-refractivity contribution is 4.93. The zero-order valence-corrected chi connectivity index (χ0v) is 7.79. The number of nitriles is 1. The van der Waals surface area contributed by atoms with Crippen molar-refractivity contribution in [2.45, 2.75) is 19.9 Å². The van der Waals surface area contributed by atoms with E-state index in [9.17, 15) is 0 Å². The van der Waals surface area contributed by atoms with Crippen LogP contribution in [-0.4, -0.2) is 37.2 Å². The van der Waals surface area contributed by atoms with Gasteiger partial charge in [-0.3, -0.25) is 4.90 Å². The summed E-state index contributed by atoms with van der Waals surface area (Å²) in [5.74, 6) is 0.624. The predicted molar refractivity (Wildman–Crippen MR) is 46.6 cm³/mol. The summed E-state index contributed by atoms with van der Waals surface area (Å²) >= 11 is 0. The minimum absolute atomic E-state index is 0.0267. The lowest BCUT2D eigenvalue weighted by Gasteiger charge is -2.32. The monoisotopic (exact) mass is 168 g/mol. The van der Waals surface area contributed by atoms with E-state index >= 15 is 0 Å². The zero-order chi connectivity index (χ0) is 8.97. The molecular weight excluding hydrogens is 152 g/mol. The van der Waals surface area contributed by atoms with Gasteiger partial charge in [0.15, 0.2) is 0 Å². The standard InChI is InChI=1S/C9H16N2O/c1-8(2)6-11-3-4-12-7-9(11)5-10/h8-9H,3-4,6-7H2,1-2H3. The van der Waals surface area contributed by atoms with E-state index in [0.717, 1.165) is 19.7 Å². The van der Waals surface area contributed by atoms with Gasteiger partial charge in [0.05, 0.1) is 19.3 Å². The van der Waals surface area contributed by atoms with Crippen molar-refractivity contribution in [1.29, 1.82) is 5.26 Å². The maximum Gasteiger partial charge on any atom is 0.121 e. The van der Waals surface area contributed by atoms with Crippen LogP contribution in [0.5, 0.6) is 0 Å². The molecule has 1 heterocycles. The fourth-order valence-corrected chi connectivity index (χ4v) is 1.44. The highest BCUT2D eigenvalue weighted by Gasteiger charge is 2.22. The summed E-state index contributed by atoms with van der Waals surface area (Å²) in [6.07, 6.45) is 0. The molecule has 1 saturated heterocycles.